The zero-order valence-electron chi connectivity index (χ0n) is 8.20. The SMILES string of the molecule is N#CCCn1nnnc1C(N)CCC=S. The molecule has 1 unspecified atom stereocenters. The molecule has 0 fully saturated rings. The van der Waals surface area contributed by atoms with E-state index in [4.69, 9.17) is 23.2 Å². The number of aromatic nitrogens is 4. The molecule has 0 aromatic carbocycles. The van der Waals surface area contributed by atoms with Gasteiger partial charge in [-0.2, -0.15) is 5.26 Å². The van der Waals surface area contributed by atoms with Gasteiger partial charge in [0.25, 0.3) is 0 Å². The first-order chi connectivity index (χ1) is 7.29. The number of hydrogen-bond donors (Lipinski definition) is 1. The summed E-state index contributed by atoms with van der Waals surface area (Å²) in [5.74, 6) is 0.613. The highest BCUT2D eigenvalue weighted by Gasteiger charge is 2.13. The van der Waals surface area contributed by atoms with Crippen molar-refractivity contribution in [2.75, 3.05) is 0 Å². The van der Waals surface area contributed by atoms with Crippen LogP contribution in [0.25, 0.3) is 0 Å². The lowest BCUT2D eigenvalue weighted by Gasteiger charge is -2.08. The van der Waals surface area contributed by atoms with E-state index in [1.807, 2.05) is 6.07 Å². The molecular formula is C8H12N6S. The van der Waals surface area contributed by atoms with Crippen molar-refractivity contribution in [3.63, 3.8) is 0 Å². The topological polar surface area (TPSA) is 93.4 Å². The molecule has 1 heterocycles. The maximum atomic E-state index is 8.45. The van der Waals surface area contributed by atoms with Gasteiger partial charge in [-0.05, 0) is 28.6 Å². The van der Waals surface area contributed by atoms with Crippen molar-refractivity contribution in [2.45, 2.75) is 31.8 Å². The van der Waals surface area contributed by atoms with Gasteiger partial charge in [0.1, 0.15) is 0 Å². The molecular weight excluding hydrogens is 212 g/mol. The first-order valence-corrected chi connectivity index (χ1v) is 5.09. The summed E-state index contributed by atoms with van der Waals surface area (Å²) in [7, 11) is 0. The maximum absolute atomic E-state index is 8.45. The molecule has 6 nitrogen and oxygen atoms in total. The predicted octanol–water partition coefficient (Wildman–Crippen LogP) is 0.366. The molecule has 0 amide bonds. The maximum Gasteiger partial charge on any atom is 0.168 e. The van der Waals surface area contributed by atoms with Gasteiger partial charge in [0.05, 0.1) is 25.1 Å². The van der Waals surface area contributed by atoms with Crippen molar-refractivity contribution in [2.24, 2.45) is 5.73 Å². The van der Waals surface area contributed by atoms with Crippen LogP contribution in [0.2, 0.25) is 0 Å². The third-order valence-corrected chi connectivity index (χ3v) is 2.16. The Balaban J connectivity index is 2.63. The van der Waals surface area contributed by atoms with Crippen molar-refractivity contribution >= 4 is 17.6 Å². The Morgan fingerprint density at radius 1 is 1.67 bits per heavy atom. The molecule has 80 valence electrons. The van der Waals surface area contributed by atoms with Gasteiger partial charge in [0, 0.05) is 0 Å². The minimum Gasteiger partial charge on any atom is -0.321 e. The fraction of sp³-hybridized carbons (Fsp3) is 0.625. The minimum absolute atomic E-state index is 0.224. The smallest absolute Gasteiger partial charge is 0.168 e. The lowest BCUT2D eigenvalue weighted by atomic mass is 10.2. The Bertz CT molecular complexity index is 354. The van der Waals surface area contributed by atoms with Crippen molar-refractivity contribution in [3.05, 3.63) is 5.82 Å². The van der Waals surface area contributed by atoms with Crippen LogP contribution >= 0.6 is 12.2 Å². The number of thiocarbonyl (C=S) groups is 1. The Morgan fingerprint density at radius 3 is 3.13 bits per heavy atom. The van der Waals surface area contributed by atoms with Crippen LogP contribution in [0.5, 0.6) is 0 Å². The van der Waals surface area contributed by atoms with Gasteiger partial charge in [0.2, 0.25) is 0 Å². The highest BCUT2D eigenvalue weighted by molar-refractivity contribution is 7.78. The molecule has 7 heteroatoms. The average Bonchev–Trinajstić information content (AvgIpc) is 2.71. The monoisotopic (exact) mass is 224 g/mol. The van der Waals surface area contributed by atoms with Crippen molar-refractivity contribution < 1.29 is 0 Å². The summed E-state index contributed by atoms with van der Waals surface area (Å²) in [6.45, 7) is 0.476. The Kier molecular flexibility index (Phi) is 4.80. The predicted molar refractivity (Wildman–Crippen MR) is 57.9 cm³/mol. The molecule has 0 spiro atoms. The van der Waals surface area contributed by atoms with Gasteiger partial charge in [0.15, 0.2) is 5.82 Å². The second-order valence-electron chi connectivity index (χ2n) is 3.02. The average molecular weight is 224 g/mol. The molecule has 15 heavy (non-hydrogen) atoms. The fourth-order valence-electron chi connectivity index (χ4n) is 1.17. The molecule has 1 atom stereocenters. The van der Waals surface area contributed by atoms with E-state index in [0.29, 0.717) is 18.8 Å². The largest absolute Gasteiger partial charge is 0.321 e. The van der Waals surface area contributed by atoms with Crippen LogP contribution < -0.4 is 5.73 Å². The number of nitrogens with two attached hydrogens (primary N) is 1. The van der Waals surface area contributed by atoms with E-state index >= 15 is 0 Å². The van der Waals surface area contributed by atoms with Crippen LogP contribution in [0.3, 0.4) is 0 Å². The molecule has 1 rings (SSSR count). The van der Waals surface area contributed by atoms with Crippen molar-refractivity contribution in [3.8, 4) is 6.07 Å². The van der Waals surface area contributed by atoms with Crippen LogP contribution in [0.4, 0.5) is 0 Å². The number of rotatable bonds is 6. The fourth-order valence-corrected chi connectivity index (χ4v) is 1.31. The molecule has 1 aromatic rings. The van der Waals surface area contributed by atoms with Crippen molar-refractivity contribution in [1.82, 2.24) is 20.2 Å². The van der Waals surface area contributed by atoms with Gasteiger partial charge >= 0.3 is 0 Å². The number of aryl methyl sites for hydroxylation is 1. The summed E-state index contributed by atoms with van der Waals surface area (Å²) in [5, 5.41) is 21.3. The Labute approximate surface area is 93.1 Å². The van der Waals surface area contributed by atoms with Gasteiger partial charge in [-0.25, -0.2) is 4.68 Å². The molecule has 0 aliphatic carbocycles. The number of hydrogen-bond acceptors (Lipinski definition) is 6. The molecule has 1 aromatic heterocycles. The third-order valence-electron chi connectivity index (χ3n) is 1.92. The van der Waals surface area contributed by atoms with Crippen LogP contribution in [-0.4, -0.2) is 25.6 Å². The summed E-state index contributed by atoms with van der Waals surface area (Å²) in [6.07, 6.45) is 1.84. The lowest BCUT2D eigenvalue weighted by Crippen LogP contribution is -2.17. The number of nitriles is 1. The highest BCUT2D eigenvalue weighted by atomic mass is 32.1. The summed E-state index contributed by atoms with van der Waals surface area (Å²) in [5.41, 5.74) is 5.89. The van der Waals surface area contributed by atoms with Crippen LogP contribution in [-0.2, 0) is 6.54 Å². The Morgan fingerprint density at radius 2 is 2.47 bits per heavy atom. The number of tetrazole rings is 1. The van der Waals surface area contributed by atoms with E-state index < -0.39 is 0 Å². The number of nitrogens with zero attached hydrogens (tertiary/aromatic N) is 5. The van der Waals surface area contributed by atoms with E-state index in [1.165, 1.54) is 0 Å². The quantitative estimate of drug-likeness (QED) is 0.701. The summed E-state index contributed by atoms with van der Waals surface area (Å²) in [4.78, 5) is 0. The van der Waals surface area contributed by atoms with Gasteiger partial charge in [-0.1, -0.05) is 12.2 Å². The van der Waals surface area contributed by atoms with Gasteiger partial charge in [-0.3, -0.25) is 0 Å². The summed E-state index contributed by atoms with van der Waals surface area (Å²) < 4.78 is 1.57. The van der Waals surface area contributed by atoms with Crippen LogP contribution in [0, 0.1) is 11.3 Å². The zero-order valence-corrected chi connectivity index (χ0v) is 9.02. The van der Waals surface area contributed by atoms with E-state index in [9.17, 15) is 0 Å². The minimum atomic E-state index is -0.224. The van der Waals surface area contributed by atoms with Crippen molar-refractivity contribution in [1.29, 1.82) is 5.26 Å². The molecule has 0 saturated carbocycles. The van der Waals surface area contributed by atoms with E-state index in [-0.39, 0.29) is 6.04 Å². The first-order valence-electron chi connectivity index (χ1n) is 4.61. The molecule has 0 radical (unpaired) electrons. The molecule has 0 aliphatic heterocycles. The standard InChI is InChI=1S/C8H12N6S/c9-4-2-5-14-8(11-12-13-14)7(10)3-1-6-15/h6-7H,1-3,5,10H2. The highest BCUT2D eigenvalue weighted by Crippen LogP contribution is 2.11. The molecule has 0 bridgehead atoms. The molecule has 0 saturated heterocycles. The lowest BCUT2D eigenvalue weighted by molar-refractivity contribution is 0.526. The van der Waals surface area contributed by atoms with E-state index in [0.717, 1.165) is 12.8 Å². The Hall–Kier alpha value is -1.39. The second-order valence-corrected chi connectivity index (χ2v) is 3.35. The van der Waals surface area contributed by atoms with E-state index in [1.54, 1.807) is 10.0 Å². The summed E-state index contributed by atoms with van der Waals surface area (Å²) >= 11 is 4.72. The summed E-state index contributed by atoms with van der Waals surface area (Å²) in [6, 6.07) is 1.81. The van der Waals surface area contributed by atoms with E-state index in [2.05, 4.69) is 15.5 Å². The zero-order chi connectivity index (χ0) is 11.1. The first kappa shape index (κ1) is 11.7. The van der Waals surface area contributed by atoms with Crippen LogP contribution in [0.15, 0.2) is 0 Å². The normalized spacial score (nSPS) is 12.0. The van der Waals surface area contributed by atoms with Crippen LogP contribution in [0.1, 0.15) is 31.1 Å². The molecule has 2 N–H and O–H groups in total. The molecule has 0 aliphatic rings. The third kappa shape index (κ3) is 3.34. The van der Waals surface area contributed by atoms with Gasteiger partial charge < -0.3 is 5.73 Å². The van der Waals surface area contributed by atoms with Gasteiger partial charge in [-0.15, -0.1) is 5.10 Å². The second kappa shape index (κ2) is 6.16.